The highest BCUT2D eigenvalue weighted by atomic mass is 16.5. The molecule has 1 saturated carbocycles. The van der Waals surface area contributed by atoms with E-state index in [0.717, 1.165) is 32.7 Å². The van der Waals surface area contributed by atoms with Crippen molar-refractivity contribution < 1.29 is 4.74 Å². The Morgan fingerprint density at radius 3 is 2.30 bits per heavy atom. The standard InChI is InChI=1S/C18H29NO/c1-3-19(4-2)14-15-20-18(12-8-9-13-18)16-17-10-6-5-7-11-17/h5-7,10-11H,3-4,8-9,12-16H2,1-2H3. The van der Waals surface area contributed by atoms with Crippen molar-refractivity contribution in [2.45, 2.75) is 51.6 Å². The van der Waals surface area contributed by atoms with Gasteiger partial charge in [-0.25, -0.2) is 0 Å². The molecule has 0 radical (unpaired) electrons. The minimum atomic E-state index is 0.106. The number of nitrogens with zero attached hydrogens (tertiary/aromatic N) is 1. The van der Waals surface area contributed by atoms with Crippen molar-refractivity contribution in [3.63, 3.8) is 0 Å². The predicted molar refractivity (Wildman–Crippen MR) is 85.1 cm³/mol. The highest BCUT2D eigenvalue weighted by Gasteiger charge is 2.34. The molecule has 0 bridgehead atoms. The molecule has 2 nitrogen and oxygen atoms in total. The molecule has 0 heterocycles. The van der Waals surface area contributed by atoms with Crippen LogP contribution in [0.25, 0.3) is 0 Å². The Hall–Kier alpha value is -0.860. The molecule has 0 saturated heterocycles. The highest BCUT2D eigenvalue weighted by Crippen LogP contribution is 2.36. The summed E-state index contributed by atoms with van der Waals surface area (Å²) in [6, 6.07) is 10.8. The molecular formula is C18H29NO. The van der Waals surface area contributed by atoms with Gasteiger partial charge in [0.15, 0.2) is 0 Å². The minimum Gasteiger partial charge on any atom is -0.373 e. The van der Waals surface area contributed by atoms with Crippen molar-refractivity contribution in [3.05, 3.63) is 35.9 Å². The van der Waals surface area contributed by atoms with Gasteiger partial charge in [0.1, 0.15) is 0 Å². The van der Waals surface area contributed by atoms with Gasteiger partial charge in [0.25, 0.3) is 0 Å². The van der Waals surface area contributed by atoms with Crippen LogP contribution in [0.4, 0.5) is 0 Å². The molecule has 0 amide bonds. The normalized spacial score (nSPS) is 17.8. The third-order valence-electron chi connectivity index (χ3n) is 4.59. The average Bonchev–Trinajstić information content (AvgIpc) is 2.93. The van der Waals surface area contributed by atoms with E-state index in [1.54, 1.807) is 0 Å². The van der Waals surface area contributed by atoms with Gasteiger partial charge in [-0.3, -0.25) is 0 Å². The van der Waals surface area contributed by atoms with Gasteiger partial charge in [-0.1, -0.05) is 57.0 Å². The van der Waals surface area contributed by atoms with E-state index in [2.05, 4.69) is 49.1 Å². The smallest absolute Gasteiger partial charge is 0.0723 e. The maximum atomic E-state index is 6.39. The largest absolute Gasteiger partial charge is 0.373 e. The summed E-state index contributed by atoms with van der Waals surface area (Å²) >= 11 is 0. The Morgan fingerprint density at radius 1 is 1.05 bits per heavy atom. The SMILES string of the molecule is CCN(CC)CCOC1(Cc2ccccc2)CCCC1. The van der Waals surface area contributed by atoms with E-state index < -0.39 is 0 Å². The molecule has 0 unspecified atom stereocenters. The zero-order chi connectivity index (χ0) is 14.3. The number of benzene rings is 1. The van der Waals surface area contributed by atoms with Crippen molar-refractivity contribution in [2.24, 2.45) is 0 Å². The second-order valence-electron chi connectivity index (χ2n) is 5.93. The molecule has 0 atom stereocenters. The van der Waals surface area contributed by atoms with Crippen LogP contribution < -0.4 is 0 Å². The zero-order valence-corrected chi connectivity index (χ0v) is 13.1. The number of hydrogen-bond acceptors (Lipinski definition) is 2. The molecule has 2 rings (SSSR count). The van der Waals surface area contributed by atoms with E-state index in [-0.39, 0.29) is 5.60 Å². The van der Waals surface area contributed by atoms with Gasteiger partial charge in [-0.2, -0.15) is 0 Å². The Morgan fingerprint density at radius 2 is 1.70 bits per heavy atom. The predicted octanol–water partition coefficient (Wildman–Crippen LogP) is 3.90. The molecule has 1 aliphatic carbocycles. The van der Waals surface area contributed by atoms with Crippen molar-refractivity contribution in [1.82, 2.24) is 4.90 Å². The van der Waals surface area contributed by atoms with Crippen molar-refractivity contribution in [3.8, 4) is 0 Å². The fourth-order valence-electron chi connectivity index (χ4n) is 3.29. The Labute approximate surface area is 124 Å². The first-order chi connectivity index (χ1) is 9.78. The van der Waals surface area contributed by atoms with Crippen molar-refractivity contribution in [2.75, 3.05) is 26.2 Å². The Balaban J connectivity index is 1.89. The van der Waals surface area contributed by atoms with Crippen LogP contribution in [0.15, 0.2) is 30.3 Å². The maximum Gasteiger partial charge on any atom is 0.0723 e. The van der Waals surface area contributed by atoms with E-state index in [0.29, 0.717) is 0 Å². The zero-order valence-electron chi connectivity index (χ0n) is 13.1. The van der Waals surface area contributed by atoms with Crippen LogP contribution in [0, 0.1) is 0 Å². The molecule has 112 valence electrons. The number of hydrogen-bond donors (Lipinski definition) is 0. The summed E-state index contributed by atoms with van der Waals surface area (Å²) in [5.74, 6) is 0. The van der Waals surface area contributed by atoms with E-state index in [9.17, 15) is 0 Å². The van der Waals surface area contributed by atoms with Gasteiger partial charge in [0, 0.05) is 13.0 Å². The Bertz CT molecular complexity index is 366. The summed E-state index contributed by atoms with van der Waals surface area (Å²) in [5.41, 5.74) is 1.52. The first-order valence-electron chi connectivity index (χ1n) is 8.18. The lowest BCUT2D eigenvalue weighted by Gasteiger charge is -2.31. The van der Waals surface area contributed by atoms with Gasteiger partial charge < -0.3 is 9.64 Å². The first-order valence-corrected chi connectivity index (χ1v) is 8.18. The molecule has 0 aliphatic heterocycles. The minimum absolute atomic E-state index is 0.106. The fraction of sp³-hybridized carbons (Fsp3) is 0.667. The summed E-state index contributed by atoms with van der Waals surface area (Å²) in [6.07, 6.45) is 6.16. The molecule has 0 spiro atoms. The van der Waals surface area contributed by atoms with Crippen molar-refractivity contribution in [1.29, 1.82) is 0 Å². The van der Waals surface area contributed by atoms with E-state index in [4.69, 9.17) is 4.74 Å². The quantitative estimate of drug-likeness (QED) is 0.713. The summed E-state index contributed by atoms with van der Waals surface area (Å²) in [4.78, 5) is 2.44. The van der Waals surface area contributed by atoms with Crippen LogP contribution in [-0.4, -0.2) is 36.7 Å². The van der Waals surface area contributed by atoms with Crippen molar-refractivity contribution >= 4 is 0 Å². The molecular weight excluding hydrogens is 246 g/mol. The number of likely N-dealkylation sites (N-methyl/N-ethyl adjacent to an activating group) is 1. The van der Waals surface area contributed by atoms with E-state index >= 15 is 0 Å². The van der Waals surface area contributed by atoms with E-state index in [1.807, 2.05) is 0 Å². The van der Waals surface area contributed by atoms with Crippen LogP contribution >= 0.6 is 0 Å². The molecule has 1 aliphatic rings. The summed E-state index contributed by atoms with van der Waals surface area (Å²) in [6.45, 7) is 8.60. The van der Waals surface area contributed by atoms with Crippen LogP contribution in [0.3, 0.4) is 0 Å². The molecule has 1 aromatic carbocycles. The lowest BCUT2D eigenvalue weighted by molar-refractivity contribution is -0.0470. The van der Waals surface area contributed by atoms with Crippen LogP contribution in [-0.2, 0) is 11.2 Å². The lowest BCUT2D eigenvalue weighted by Crippen LogP contribution is -2.36. The lowest BCUT2D eigenvalue weighted by atomic mass is 9.92. The van der Waals surface area contributed by atoms with E-state index in [1.165, 1.54) is 31.2 Å². The third kappa shape index (κ3) is 4.32. The summed E-state index contributed by atoms with van der Waals surface area (Å²) < 4.78 is 6.39. The van der Waals surface area contributed by atoms with Gasteiger partial charge in [-0.05, 0) is 31.5 Å². The Kier molecular flexibility index (Phi) is 6.06. The summed E-state index contributed by atoms with van der Waals surface area (Å²) in [7, 11) is 0. The van der Waals surface area contributed by atoms with Crippen LogP contribution in [0.2, 0.25) is 0 Å². The monoisotopic (exact) mass is 275 g/mol. The van der Waals surface area contributed by atoms with Gasteiger partial charge in [0.2, 0.25) is 0 Å². The maximum absolute atomic E-state index is 6.39. The molecule has 2 heteroatoms. The van der Waals surface area contributed by atoms with Crippen LogP contribution in [0.1, 0.15) is 45.1 Å². The molecule has 20 heavy (non-hydrogen) atoms. The number of rotatable bonds is 8. The van der Waals surface area contributed by atoms with Gasteiger partial charge in [-0.15, -0.1) is 0 Å². The molecule has 1 aromatic rings. The first kappa shape index (κ1) is 15.5. The number of ether oxygens (including phenoxy) is 1. The van der Waals surface area contributed by atoms with Gasteiger partial charge >= 0.3 is 0 Å². The third-order valence-corrected chi connectivity index (χ3v) is 4.59. The second-order valence-corrected chi connectivity index (χ2v) is 5.93. The molecule has 0 aromatic heterocycles. The average molecular weight is 275 g/mol. The fourth-order valence-corrected chi connectivity index (χ4v) is 3.29. The highest BCUT2D eigenvalue weighted by molar-refractivity contribution is 5.17. The summed E-state index contributed by atoms with van der Waals surface area (Å²) in [5, 5.41) is 0. The topological polar surface area (TPSA) is 12.5 Å². The van der Waals surface area contributed by atoms with Crippen LogP contribution in [0.5, 0.6) is 0 Å². The molecule has 0 N–H and O–H groups in total. The van der Waals surface area contributed by atoms with Gasteiger partial charge in [0.05, 0.1) is 12.2 Å². The second kappa shape index (κ2) is 7.80. The molecule has 1 fully saturated rings.